The van der Waals surface area contributed by atoms with Gasteiger partial charge in [-0.25, -0.2) is 9.82 Å². The van der Waals surface area contributed by atoms with Crippen LogP contribution < -0.4 is 11.3 Å². The Labute approximate surface area is 90.7 Å². The lowest BCUT2D eigenvalue weighted by atomic mass is 10.1. The SMILES string of the molecule is NNC(c1ccc(F)cc1)c1cncs1. The van der Waals surface area contributed by atoms with Gasteiger partial charge in [0.25, 0.3) is 0 Å². The number of benzene rings is 1. The maximum Gasteiger partial charge on any atom is 0.123 e. The van der Waals surface area contributed by atoms with Gasteiger partial charge >= 0.3 is 0 Å². The molecule has 2 aromatic rings. The summed E-state index contributed by atoms with van der Waals surface area (Å²) < 4.78 is 12.7. The first kappa shape index (κ1) is 10.2. The summed E-state index contributed by atoms with van der Waals surface area (Å²) in [6, 6.07) is 6.12. The fourth-order valence-electron chi connectivity index (χ4n) is 1.37. The van der Waals surface area contributed by atoms with Crippen LogP contribution in [-0.2, 0) is 0 Å². The minimum atomic E-state index is -0.251. The highest BCUT2D eigenvalue weighted by atomic mass is 32.1. The number of hydrazine groups is 1. The average Bonchev–Trinajstić information content (AvgIpc) is 2.75. The van der Waals surface area contributed by atoms with E-state index in [0.717, 1.165) is 10.4 Å². The van der Waals surface area contributed by atoms with Crippen LogP contribution in [0.25, 0.3) is 0 Å². The van der Waals surface area contributed by atoms with Gasteiger partial charge in [-0.15, -0.1) is 11.3 Å². The van der Waals surface area contributed by atoms with Gasteiger partial charge in [0.1, 0.15) is 5.82 Å². The molecule has 0 aliphatic carbocycles. The Balaban J connectivity index is 2.31. The molecule has 1 aromatic heterocycles. The van der Waals surface area contributed by atoms with E-state index in [0.29, 0.717) is 0 Å². The average molecular weight is 223 g/mol. The van der Waals surface area contributed by atoms with Crippen molar-refractivity contribution in [2.75, 3.05) is 0 Å². The molecule has 1 heterocycles. The topological polar surface area (TPSA) is 50.9 Å². The summed E-state index contributed by atoms with van der Waals surface area (Å²) in [6.45, 7) is 0. The molecule has 0 saturated carbocycles. The second-order valence-corrected chi connectivity index (χ2v) is 3.97. The van der Waals surface area contributed by atoms with E-state index >= 15 is 0 Å². The Morgan fingerprint density at radius 1 is 1.33 bits per heavy atom. The minimum Gasteiger partial charge on any atom is -0.271 e. The van der Waals surface area contributed by atoms with E-state index < -0.39 is 0 Å². The van der Waals surface area contributed by atoms with Gasteiger partial charge in [-0.2, -0.15) is 0 Å². The standard InChI is InChI=1S/C10H10FN3S/c11-8-3-1-7(2-4-8)10(14-12)9-5-13-6-15-9/h1-6,10,14H,12H2. The number of halogens is 1. The third-order valence-corrected chi connectivity index (χ3v) is 2.95. The molecule has 78 valence electrons. The molecule has 0 bridgehead atoms. The molecule has 0 amide bonds. The molecule has 2 rings (SSSR count). The molecular formula is C10H10FN3S. The Morgan fingerprint density at radius 3 is 2.60 bits per heavy atom. The summed E-state index contributed by atoms with van der Waals surface area (Å²) in [4.78, 5) is 4.99. The van der Waals surface area contributed by atoms with E-state index in [4.69, 9.17) is 5.84 Å². The summed E-state index contributed by atoms with van der Waals surface area (Å²) in [6.07, 6.45) is 1.75. The van der Waals surface area contributed by atoms with Crippen molar-refractivity contribution >= 4 is 11.3 Å². The highest BCUT2D eigenvalue weighted by Gasteiger charge is 2.13. The van der Waals surface area contributed by atoms with Crippen LogP contribution in [0.4, 0.5) is 4.39 Å². The van der Waals surface area contributed by atoms with Crippen molar-refractivity contribution < 1.29 is 4.39 Å². The number of nitrogens with zero attached hydrogens (tertiary/aromatic N) is 1. The molecule has 0 aliphatic rings. The van der Waals surface area contributed by atoms with E-state index in [1.165, 1.54) is 23.5 Å². The maximum absolute atomic E-state index is 12.7. The molecule has 0 aliphatic heterocycles. The zero-order chi connectivity index (χ0) is 10.7. The molecule has 15 heavy (non-hydrogen) atoms. The monoisotopic (exact) mass is 223 g/mol. The van der Waals surface area contributed by atoms with Crippen LogP contribution in [0, 0.1) is 5.82 Å². The van der Waals surface area contributed by atoms with Gasteiger partial charge in [0.2, 0.25) is 0 Å². The van der Waals surface area contributed by atoms with Crippen molar-refractivity contribution in [3.63, 3.8) is 0 Å². The van der Waals surface area contributed by atoms with Crippen LogP contribution in [0.3, 0.4) is 0 Å². The molecule has 0 fully saturated rings. The van der Waals surface area contributed by atoms with Crippen molar-refractivity contribution in [1.29, 1.82) is 0 Å². The van der Waals surface area contributed by atoms with Crippen molar-refractivity contribution in [1.82, 2.24) is 10.4 Å². The smallest absolute Gasteiger partial charge is 0.123 e. The van der Waals surface area contributed by atoms with Crippen molar-refractivity contribution in [3.8, 4) is 0 Å². The summed E-state index contributed by atoms with van der Waals surface area (Å²) >= 11 is 1.51. The Bertz CT molecular complexity index is 413. The third kappa shape index (κ3) is 2.20. The Hall–Kier alpha value is -1.30. The Kier molecular flexibility index (Phi) is 3.05. The normalized spacial score (nSPS) is 12.7. The van der Waals surface area contributed by atoms with Gasteiger partial charge in [-0.1, -0.05) is 12.1 Å². The number of hydrogen-bond acceptors (Lipinski definition) is 4. The maximum atomic E-state index is 12.7. The minimum absolute atomic E-state index is 0.127. The first-order chi connectivity index (χ1) is 7.31. The molecular weight excluding hydrogens is 213 g/mol. The number of aromatic nitrogens is 1. The van der Waals surface area contributed by atoms with Crippen LogP contribution in [0.15, 0.2) is 36.0 Å². The van der Waals surface area contributed by atoms with Gasteiger partial charge in [0, 0.05) is 11.1 Å². The van der Waals surface area contributed by atoms with Crippen LogP contribution >= 0.6 is 11.3 Å². The van der Waals surface area contributed by atoms with Gasteiger partial charge in [-0.3, -0.25) is 10.8 Å². The quantitative estimate of drug-likeness (QED) is 0.616. The van der Waals surface area contributed by atoms with Crippen molar-refractivity contribution in [3.05, 3.63) is 52.2 Å². The lowest BCUT2D eigenvalue weighted by Gasteiger charge is -2.13. The molecule has 3 nitrogen and oxygen atoms in total. The van der Waals surface area contributed by atoms with Crippen LogP contribution in [0.1, 0.15) is 16.5 Å². The molecule has 1 aromatic carbocycles. The fraction of sp³-hybridized carbons (Fsp3) is 0.100. The molecule has 3 N–H and O–H groups in total. The number of rotatable bonds is 3. The van der Waals surface area contributed by atoms with Crippen LogP contribution in [0.2, 0.25) is 0 Å². The lowest BCUT2D eigenvalue weighted by molar-refractivity contribution is 0.618. The number of nitrogens with two attached hydrogens (primary N) is 1. The van der Waals surface area contributed by atoms with E-state index in [9.17, 15) is 4.39 Å². The highest BCUT2D eigenvalue weighted by molar-refractivity contribution is 7.09. The van der Waals surface area contributed by atoms with Gasteiger partial charge in [-0.05, 0) is 17.7 Å². The highest BCUT2D eigenvalue weighted by Crippen LogP contribution is 2.23. The van der Waals surface area contributed by atoms with E-state index in [1.54, 1.807) is 23.8 Å². The van der Waals surface area contributed by atoms with E-state index in [1.807, 2.05) is 0 Å². The van der Waals surface area contributed by atoms with Crippen LogP contribution in [0.5, 0.6) is 0 Å². The first-order valence-electron chi connectivity index (χ1n) is 4.41. The Morgan fingerprint density at radius 2 is 2.07 bits per heavy atom. The lowest BCUT2D eigenvalue weighted by Crippen LogP contribution is -2.28. The van der Waals surface area contributed by atoms with Crippen molar-refractivity contribution in [2.24, 2.45) is 5.84 Å². The van der Waals surface area contributed by atoms with Crippen LogP contribution in [-0.4, -0.2) is 4.98 Å². The number of nitrogens with one attached hydrogen (secondary N) is 1. The summed E-state index contributed by atoms with van der Waals surface area (Å²) in [5, 5.41) is 0. The second-order valence-electron chi connectivity index (χ2n) is 3.06. The zero-order valence-corrected chi connectivity index (χ0v) is 8.67. The molecule has 1 atom stereocenters. The summed E-state index contributed by atoms with van der Waals surface area (Å²) in [5.41, 5.74) is 5.35. The predicted octanol–water partition coefficient (Wildman–Crippen LogP) is 1.83. The van der Waals surface area contributed by atoms with E-state index in [2.05, 4.69) is 10.4 Å². The molecule has 1 unspecified atom stereocenters. The van der Waals surface area contributed by atoms with Gasteiger partial charge < -0.3 is 0 Å². The number of hydrogen-bond donors (Lipinski definition) is 2. The molecule has 0 saturated heterocycles. The molecule has 0 radical (unpaired) electrons. The van der Waals surface area contributed by atoms with Gasteiger partial charge in [0.05, 0.1) is 11.6 Å². The molecule has 5 heteroatoms. The molecule has 0 spiro atoms. The third-order valence-electron chi connectivity index (χ3n) is 2.11. The summed E-state index contributed by atoms with van der Waals surface area (Å²) in [5.74, 6) is 5.22. The predicted molar refractivity (Wildman–Crippen MR) is 57.7 cm³/mol. The first-order valence-corrected chi connectivity index (χ1v) is 5.29. The van der Waals surface area contributed by atoms with Gasteiger partial charge in [0.15, 0.2) is 0 Å². The summed E-state index contributed by atoms with van der Waals surface area (Å²) in [7, 11) is 0. The second kappa shape index (κ2) is 4.48. The van der Waals surface area contributed by atoms with E-state index in [-0.39, 0.29) is 11.9 Å². The van der Waals surface area contributed by atoms with Crippen molar-refractivity contribution in [2.45, 2.75) is 6.04 Å². The number of thiazole rings is 1. The zero-order valence-electron chi connectivity index (χ0n) is 7.85. The largest absolute Gasteiger partial charge is 0.271 e. The fourth-order valence-corrected chi connectivity index (χ4v) is 2.07.